The predicted molar refractivity (Wildman–Crippen MR) is 66.1 cm³/mol. The zero-order valence-electron chi connectivity index (χ0n) is 9.53. The Balaban J connectivity index is 3.68. The van der Waals surface area contributed by atoms with Gasteiger partial charge in [-0.15, -0.1) is 0 Å². The van der Waals surface area contributed by atoms with Gasteiger partial charge in [-0.3, -0.25) is 0 Å². The van der Waals surface area contributed by atoms with Gasteiger partial charge in [-0.2, -0.15) is 0 Å². The highest BCUT2D eigenvalue weighted by Crippen LogP contribution is 2.04. The van der Waals surface area contributed by atoms with Crippen LogP contribution in [0.25, 0.3) is 0 Å². The monoisotopic (exact) mass is 288 g/mol. The van der Waals surface area contributed by atoms with E-state index in [2.05, 4.69) is 0 Å². The van der Waals surface area contributed by atoms with E-state index in [1.165, 1.54) is 0 Å². The molecular weight excluding hydrogens is 268 g/mol. The van der Waals surface area contributed by atoms with Crippen LogP contribution in [0.3, 0.4) is 0 Å². The summed E-state index contributed by atoms with van der Waals surface area (Å²) >= 11 is 0. The maximum atomic E-state index is 11.4. The number of rotatable bonds is 10. The average Bonchev–Trinajstić information content (AvgIpc) is 2.33. The molecule has 4 unspecified atom stereocenters. The third-order valence-electron chi connectivity index (χ3n) is 2.06. The standard InChI is InChI=1S/C9H20O6S2/c10-5-8(12)3-1-2-4-16(14)17(15)7-9(13)6-11/h8-13H,1-7H2. The highest BCUT2D eigenvalue weighted by atomic mass is 33.1. The van der Waals surface area contributed by atoms with Crippen molar-refractivity contribution in [3.05, 3.63) is 0 Å². The second-order valence-corrected chi connectivity index (χ2v) is 7.83. The summed E-state index contributed by atoms with van der Waals surface area (Å²) in [6, 6.07) is 0. The first-order valence-corrected chi connectivity index (χ1v) is 8.51. The largest absolute Gasteiger partial charge is 0.394 e. The van der Waals surface area contributed by atoms with Crippen LogP contribution in [0.5, 0.6) is 0 Å². The number of hydrogen-bond acceptors (Lipinski definition) is 6. The first kappa shape index (κ1) is 17.1. The van der Waals surface area contributed by atoms with E-state index in [9.17, 15) is 8.42 Å². The van der Waals surface area contributed by atoms with E-state index in [0.29, 0.717) is 19.3 Å². The van der Waals surface area contributed by atoms with Crippen molar-refractivity contribution in [1.29, 1.82) is 0 Å². The Bertz CT molecular complexity index is 248. The smallest absolute Gasteiger partial charge is 0.113 e. The van der Waals surface area contributed by atoms with Crippen LogP contribution in [0.15, 0.2) is 0 Å². The first-order chi connectivity index (χ1) is 8.01. The lowest BCUT2D eigenvalue weighted by atomic mass is 10.2. The third kappa shape index (κ3) is 8.81. The lowest BCUT2D eigenvalue weighted by Gasteiger charge is -2.07. The van der Waals surface area contributed by atoms with E-state index >= 15 is 0 Å². The topological polar surface area (TPSA) is 115 Å². The number of aliphatic hydroxyl groups excluding tert-OH is 4. The third-order valence-corrected chi connectivity index (χ3v) is 5.90. The number of aliphatic hydroxyl groups is 4. The molecule has 4 N–H and O–H groups in total. The summed E-state index contributed by atoms with van der Waals surface area (Å²) in [5.74, 6) is 0.0330. The van der Waals surface area contributed by atoms with E-state index in [1.807, 2.05) is 0 Å². The van der Waals surface area contributed by atoms with Crippen molar-refractivity contribution in [2.75, 3.05) is 24.7 Å². The van der Waals surface area contributed by atoms with Crippen LogP contribution >= 0.6 is 0 Å². The molecule has 0 aliphatic rings. The van der Waals surface area contributed by atoms with E-state index in [-0.39, 0.29) is 18.1 Å². The van der Waals surface area contributed by atoms with Gasteiger partial charge in [0.15, 0.2) is 0 Å². The normalized spacial score (nSPS) is 18.6. The van der Waals surface area contributed by atoms with Gasteiger partial charge in [-0.1, -0.05) is 0 Å². The summed E-state index contributed by atoms with van der Waals surface area (Å²) in [5, 5.41) is 35.1. The van der Waals surface area contributed by atoms with Crippen LogP contribution < -0.4 is 0 Å². The van der Waals surface area contributed by atoms with Crippen molar-refractivity contribution in [3.63, 3.8) is 0 Å². The summed E-state index contributed by atoms with van der Waals surface area (Å²) in [4.78, 5) is 0. The minimum absolute atomic E-state index is 0.192. The molecule has 0 bridgehead atoms. The Hall–Kier alpha value is 0.140. The molecule has 17 heavy (non-hydrogen) atoms. The van der Waals surface area contributed by atoms with E-state index < -0.39 is 38.5 Å². The molecule has 0 saturated carbocycles. The Morgan fingerprint density at radius 1 is 0.882 bits per heavy atom. The summed E-state index contributed by atoms with van der Waals surface area (Å²) in [6.45, 7) is -0.788. The molecule has 0 rings (SSSR count). The molecule has 0 heterocycles. The van der Waals surface area contributed by atoms with Crippen molar-refractivity contribution in [1.82, 2.24) is 0 Å². The summed E-state index contributed by atoms with van der Waals surface area (Å²) in [5.41, 5.74) is 0. The summed E-state index contributed by atoms with van der Waals surface area (Å²) in [7, 11) is -3.21. The minimum Gasteiger partial charge on any atom is -0.394 e. The Morgan fingerprint density at radius 3 is 2.00 bits per heavy atom. The molecule has 0 amide bonds. The van der Waals surface area contributed by atoms with Crippen molar-refractivity contribution in [3.8, 4) is 0 Å². The van der Waals surface area contributed by atoms with Crippen molar-refractivity contribution < 1.29 is 28.8 Å². The molecule has 0 aromatic carbocycles. The molecule has 0 aliphatic carbocycles. The fourth-order valence-corrected chi connectivity index (χ4v) is 4.10. The molecule has 104 valence electrons. The predicted octanol–water partition coefficient (Wildman–Crippen LogP) is -1.72. The fraction of sp³-hybridized carbons (Fsp3) is 1.00. The van der Waals surface area contributed by atoms with Crippen molar-refractivity contribution in [2.45, 2.75) is 31.5 Å². The van der Waals surface area contributed by atoms with Gasteiger partial charge in [0, 0.05) is 5.75 Å². The van der Waals surface area contributed by atoms with Crippen molar-refractivity contribution >= 4 is 19.7 Å². The zero-order chi connectivity index (χ0) is 13.3. The Labute approximate surface area is 105 Å². The van der Waals surface area contributed by atoms with Gasteiger partial charge >= 0.3 is 0 Å². The maximum Gasteiger partial charge on any atom is 0.113 e. The number of unbranched alkanes of at least 4 members (excludes halogenated alkanes) is 1. The maximum absolute atomic E-state index is 11.4. The van der Waals surface area contributed by atoms with E-state index in [0.717, 1.165) is 0 Å². The zero-order valence-corrected chi connectivity index (χ0v) is 11.2. The fourth-order valence-electron chi connectivity index (χ4n) is 1.07. The lowest BCUT2D eigenvalue weighted by molar-refractivity contribution is 0.0865. The summed E-state index contributed by atoms with van der Waals surface area (Å²) in [6.07, 6.45) is -0.321. The van der Waals surface area contributed by atoms with Gasteiger partial charge < -0.3 is 20.4 Å². The van der Waals surface area contributed by atoms with E-state index in [4.69, 9.17) is 20.4 Å². The molecule has 0 radical (unpaired) electrons. The number of hydrogen-bond donors (Lipinski definition) is 4. The van der Waals surface area contributed by atoms with Crippen LogP contribution in [0.4, 0.5) is 0 Å². The van der Waals surface area contributed by atoms with Crippen molar-refractivity contribution in [2.24, 2.45) is 0 Å². The molecule has 8 heteroatoms. The van der Waals surface area contributed by atoms with Crippen LogP contribution in [0, 0.1) is 0 Å². The van der Waals surface area contributed by atoms with Crippen LogP contribution in [-0.4, -0.2) is 65.8 Å². The molecule has 0 aromatic heterocycles. The van der Waals surface area contributed by atoms with Gasteiger partial charge in [0.2, 0.25) is 0 Å². The molecule has 0 fully saturated rings. The molecule has 0 spiro atoms. The van der Waals surface area contributed by atoms with Gasteiger partial charge in [0.25, 0.3) is 0 Å². The van der Waals surface area contributed by atoms with Gasteiger partial charge in [0.1, 0.15) is 19.7 Å². The molecule has 0 aliphatic heterocycles. The Morgan fingerprint density at radius 2 is 1.47 bits per heavy atom. The molecular formula is C9H20O6S2. The molecule has 4 atom stereocenters. The average molecular weight is 288 g/mol. The summed E-state index contributed by atoms with van der Waals surface area (Å²) < 4.78 is 22.8. The second-order valence-electron chi connectivity index (χ2n) is 3.65. The lowest BCUT2D eigenvalue weighted by Crippen LogP contribution is -2.23. The quantitative estimate of drug-likeness (QED) is 0.281. The Kier molecular flexibility index (Phi) is 10.2. The van der Waals surface area contributed by atoms with Gasteiger partial charge in [-0.05, 0) is 19.3 Å². The minimum atomic E-state index is -1.66. The molecule has 0 saturated heterocycles. The van der Waals surface area contributed by atoms with E-state index in [1.54, 1.807) is 0 Å². The highest BCUT2D eigenvalue weighted by molar-refractivity contribution is 8.61. The van der Waals surface area contributed by atoms with Crippen LogP contribution in [-0.2, 0) is 19.7 Å². The van der Waals surface area contributed by atoms with Crippen LogP contribution in [0.2, 0.25) is 0 Å². The molecule has 6 nitrogen and oxygen atoms in total. The second kappa shape index (κ2) is 10.1. The molecule has 0 aromatic rings. The SMILES string of the molecule is O=S(CCCCC(O)CO)S(=O)CC(O)CO. The van der Waals surface area contributed by atoms with Gasteiger partial charge in [0.05, 0.1) is 31.2 Å². The van der Waals surface area contributed by atoms with Gasteiger partial charge in [-0.25, -0.2) is 8.42 Å². The van der Waals surface area contributed by atoms with Crippen LogP contribution in [0.1, 0.15) is 19.3 Å². The first-order valence-electron chi connectivity index (χ1n) is 5.36. The highest BCUT2D eigenvalue weighted by Gasteiger charge is 2.14.